The molecule has 19 heavy (non-hydrogen) atoms. The van der Waals surface area contributed by atoms with E-state index in [4.69, 9.17) is 15.7 Å². The maximum Gasteiger partial charge on any atom is 0.166 e. The second-order valence-corrected chi connectivity index (χ2v) is 5.11. The maximum atomic E-state index is 13.7. The summed E-state index contributed by atoms with van der Waals surface area (Å²) < 4.78 is 19.2. The van der Waals surface area contributed by atoms with Gasteiger partial charge in [-0.2, -0.15) is 5.26 Å². The molecule has 2 atom stereocenters. The van der Waals surface area contributed by atoms with Crippen molar-refractivity contribution in [2.75, 3.05) is 13.2 Å². The lowest BCUT2D eigenvalue weighted by Crippen LogP contribution is -2.30. The number of hydrogen-bond acceptors (Lipinski definition) is 3. The topological polar surface area (TPSA) is 59.0 Å². The number of ether oxygens (including phenoxy) is 1. The number of hydrogen-bond donors (Lipinski definition) is 1. The van der Waals surface area contributed by atoms with Crippen LogP contribution in [-0.4, -0.2) is 13.2 Å². The summed E-state index contributed by atoms with van der Waals surface area (Å²) in [5.74, 6) is 0.642. The summed E-state index contributed by atoms with van der Waals surface area (Å²) in [6.45, 7) is 1.18. The third kappa shape index (κ3) is 3.45. The lowest BCUT2D eigenvalue weighted by molar-refractivity contribution is 0.149. The monoisotopic (exact) mass is 262 g/mol. The molecule has 0 aromatic heterocycles. The molecule has 1 saturated carbocycles. The van der Waals surface area contributed by atoms with Crippen LogP contribution < -0.4 is 10.5 Å². The molecule has 2 N–H and O–H groups in total. The average molecular weight is 262 g/mol. The van der Waals surface area contributed by atoms with Crippen LogP contribution in [0.15, 0.2) is 18.2 Å². The Kier molecular flexibility index (Phi) is 4.75. The molecule has 0 heterocycles. The molecule has 1 aliphatic carbocycles. The first-order valence-corrected chi connectivity index (χ1v) is 6.77. The molecule has 3 nitrogen and oxygen atoms in total. The standard InChI is InChI=1S/C15H19FN2O/c16-14-7-11(8-17)5-6-15(14)19-10-13-4-2-1-3-12(13)9-18/h5-7,12-13H,1-4,9-10,18H2. The second kappa shape index (κ2) is 6.53. The molecule has 1 aromatic rings. The molecule has 4 heteroatoms. The van der Waals surface area contributed by atoms with Gasteiger partial charge in [-0.25, -0.2) is 4.39 Å². The zero-order valence-corrected chi connectivity index (χ0v) is 10.9. The van der Waals surface area contributed by atoms with Crippen molar-refractivity contribution in [1.29, 1.82) is 5.26 Å². The molecular weight excluding hydrogens is 243 g/mol. The summed E-state index contributed by atoms with van der Waals surface area (Å²) in [5, 5.41) is 8.68. The fraction of sp³-hybridized carbons (Fsp3) is 0.533. The van der Waals surface area contributed by atoms with Crippen molar-refractivity contribution in [3.63, 3.8) is 0 Å². The lowest BCUT2D eigenvalue weighted by Gasteiger charge is -2.30. The van der Waals surface area contributed by atoms with Crippen LogP contribution >= 0.6 is 0 Å². The quantitative estimate of drug-likeness (QED) is 0.907. The highest BCUT2D eigenvalue weighted by atomic mass is 19.1. The van der Waals surface area contributed by atoms with Crippen molar-refractivity contribution < 1.29 is 9.13 Å². The minimum Gasteiger partial charge on any atom is -0.490 e. The second-order valence-electron chi connectivity index (χ2n) is 5.11. The molecule has 0 saturated heterocycles. The number of nitrogens with zero attached hydrogens (tertiary/aromatic N) is 1. The van der Waals surface area contributed by atoms with E-state index in [1.807, 2.05) is 6.07 Å². The Hall–Kier alpha value is -1.60. The van der Waals surface area contributed by atoms with E-state index in [2.05, 4.69) is 0 Å². The summed E-state index contributed by atoms with van der Waals surface area (Å²) in [7, 11) is 0. The Bertz CT molecular complexity index is 470. The number of benzene rings is 1. The van der Waals surface area contributed by atoms with Gasteiger partial charge in [-0.3, -0.25) is 0 Å². The van der Waals surface area contributed by atoms with Gasteiger partial charge in [0.05, 0.1) is 18.2 Å². The fourth-order valence-electron chi connectivity index (χ4n) is 2.70. The number of nitriles is 1. The van der Waals surface area contributed by atoms with Crippen LogP contribution in [0.5, 0.6) is 5.75 Å². The first-order valence-electron chi connectivity index (χ1n) is 6.77. The van der Waals surface area contributed by atoms with E-state index < -0.39 is 5.82 Å². The highest BCUT2D eigenvalue weighted by molar-refractivity contribution is 5.35. The smallest absolute Gasteiger partial charge is 0.166 e. The molecule has 0 radical (unpaired) electrons. The van der Waals surface area contributed by atoms with Gasteiger partial charge in [0.2, 0.25) is 0 Å². The minimum atomic E-state index is -0.473. The highest BCUT2D eigenvalue weighted by Crippen LogP contribution is 2.30. The van der Waals surface area contributed by atoms with Crippen LogP contribution in [-0.2, 0) is 0 Å². The molecule has 1 aliphatic rings. The van der Waals surface area contributed by atoms with Crippen molar-refractivity contribution >= 4 is 0 Å². The molecule has 0 bridgehead atoms. The average Bonchev–Trinajstić information content (AvgIpc) is 2.46. The van der Waals surface area contributed by atoms with Crippen molar-refractivity contribution in [2.45, 2.75) is 25.7 Å². The Morgan fingerprint density at radius 1 is 1.32 bits per heavy atom. The Balaban J connectivity index is 1.96. The van der Waals surface area contributed by atoms with E-state index in [1.165, 1.54) is 25.0 Å². The predicted molar refractivity (Wildman–Crippen MR) is 71.1 cm³/mol. The number of nitrogens with two attached hydrogens (primary N) is 1. The molecule has 0 amide bonds. The molecule has 0 spiro atoms. The van der Waals surface area contributed by atoms with Crippen molar-refractivity contribution in [1.82, 2.24) is 0 Å². The molecule has 1 fully saturated rings. The van der Waals surface area contributed by atoms with Crippen molar-refractivity contribution in [3.05, 3.63) is 29.6 Å². The van der Waals surface area contributed by atoms with Gasteiger partial charge in [0.1, 0.15) is 0 Å². The molecule has 0 aliphatic heterocycles. The molecular formula is C15H19FN2O. The van der Waals surface area contributed by atoms with E-state index >= 15 is 0 Å². The Morgan fingerprint density at radius 3 is 2.68 bits per heavy atom. The number of rotatable bonds is 4. The molecule has 102 valence electrons. The SMILES string of the molecule is N#Cc1ccc(OCC2CCCCC2CN)c(F)c1. The third-order valence-electron chi connectivity index (χ3n) is 3.88. The van der Waals surface area contributed by atoms with E-state index in [-0.39, 0.29) is 5.75 Å². The van der Waals surface area contributed by atoms with Crippen molar-refractivity contribution in [3.8, 4) is 11.8 Å². The van der Waals surface area contributed by atoms with Crippen LogP contribution in [0.2, 0.25) is 0 Å². The fourth-order valence-corrected chi connectivity index (χ4v) is 2.70. The van der Waals surface area contributed by atoms with Gasteiger partial charge in [-0.05, 0) is 49.4 Å². The normalized spacial score (nSPS) is 22.8. The van der Waals surface area contributed by atoms with Gasteiger partial charge in [0.25, 0.3) is 0 Å². The van der Waals surface area contributed by atoms with Gasteiger partial charge in [0, 0.05) is 0 Å². The zero-order valence-electron chi connectivity index (χ0n) is 10.9. The first kappa shape index (κ1) is 13.8. The summed E-state index contributed by atoms with van der Waals surface area (Å²) in [4.78, 5) is 0. The van der Waals surface area contributed by atoms with E-state index in [0.29, 0.717) is 30.6 Å². The highest BCUT2D eigenvalue weighted by Gasteiger charge is 2.24. The van der Waals surface area contributed by atoms with Crippen LogP contribution in [0, 0.1) is 29.0 Å². The van der Waals surface area contributed by atoms with E-state index in [1.54, 1.807) is 6.07 Å². The van der Waals surface area contributed by atoms with E-state index in [9.17, 15) is 4.39 Å². The molecule has 2 rings (SSSR count). The van der Waals surface area contributed by atoms with Gasteiger partial charge >= 0.3 is 0 Å². The van der Waals surface area contributed by atoms with Gasteiger partial charge in [-0.15, -0.1) is 0 Å². The predicted octanol–water partition coefficient (Wildman–Crippen LogP) is 2.84. The van der Waals surface area contributed by atoms with Crippen LogP contribution in [0.4, 0.5) is 4.39 Å². The first-order chi connectivity index (χ1) is 9.24. The zero-order chi connectivity index (χ0) is 13.7. The lowest BCUT2D eigenvalue weighted by atomic mass is 9.80. The third-order valence-corrected chi connectivity index (χ3v) is 3.88. The number of halogens is 1. The van der Waals surface area contributed by atoms with Crippen LogP contribution in [0.25, 0.3) is 0 Å². The summed E-state index contributed by atoms with van der Waals surface area (Å²) in [6.07, 6.45) is 4.66. The summed E-state index contributed by atoms with van der Waals surface area (Å²) >= 11 is 0. The maximum absolute atomic E-state index is 13.7. The molecule has 2 unspecified atom stereocenters. The Morgan fingerprint density at radius 2 is 2.05 bits per heavy atom. The summed E-state index contributed by atoms with van der Waals surface area (Å²) in [5.41, 5.74) is 6.07. The van der Waals surface area contributed by atoms with Gasteiger partial charge in [0.15, 0.2) is 11.6 Å². The largest absolute Gasteiger partial charge is 0.490 e. The molecule has 1 aromatic carbocycles. The van der Waals surface area contributed by atoms with Crippen LogP contribution in [0.3, 0.4) is 0 Å². The van der Waals surface area contributed by atoms with E-state index in [0.717, 1.165) is 12.8 Å². The van der Waals surface area contributed by atoms with Gasteiger partial charge < -0.3 is 10.5 Å². The Labute approximate surface area is 113 Å². The van der Waals surface area contributed by atoms with Crippen LogP contribution in [0.1, 0.15) is 31.2 Å². The van der Waals surface area contributed by atoms with Crippen molar-refractivity contribution in [2.24, 2.45) is 17.6 Å². The van der Waals surface area contributed by atoms with Gasteiger partial charge in [-0.1, -0.05) is 12.8 Å². The minimum absolute atomic E-state index is 0.223. The summed E-state index contributed by atoms with van der Waals surface area (Å²) in [6, 6.07) is 6.20.